The van der Waals surface area contributed by atoms with E-state index < -0.39 is 41.7 Å². The molecule has 3 aromatic rings. The summed E-state index contributed by atoms with van der Waals surface area (Å²) in [5.41, 5.74) is -1.82. The van der Waals surface area contributed by atoms with E-state index in [1.54, 1.807) is 0 Å². The van der Waals surface area contributed by atoms with Gasteiger partial charge in [-0.3, -0.25) is 9.59 Å². The van der Waals surface area contributed by atoms with Crippen molar-refractivity contribution in [1.82, 2.24) is 9.47 Å². The Balaban J connectivity index is 1.85. The van der Waals surface area contributed by atoms with E-state index >= 15 is 0 Å². The number of hydrogen-bond donors (Lipinski definition) is 1. The highest BCUT2D eigenvalue weighted by molar-refractivity contribution is 7.18. The van der Waals surface area contributed by atoms with E-state index in [0.29, 0.717) is 16.8 Å². The lowest BCUT2D eigenvalue weighted by atomic mass is 10.0. The third-order valence-corrected chi connectivity index (χ3v) is 6.42. The average Bonchev–Trinajstić information content (AvgIpc) is 3.38. The Morgan fingerprint density at radius 2 is 2.09 bits per heavy atom. The maximum atomic E-state index is 13.8. The number of thiophene rings is 1. The van der Waals surface area contributed by atoms with Crippen molar-refractivity contribution in [2.24, 2.45) is 5.16 Å². The van der Waals surface area contributed by atoms with Gasteiger partial charge in [0, 0.05) is 29.2 Å². The van der Waals surface area contributed by atoms with Gasteiger partial charge in [-0.15, -0.1) is 11.3 Å². The van der Waals surface area contributed by atoms with Gasteiger partial charge in [-0.05, 0) is 24.1 Å². The van der Waals surface area contributed by atoms with E-state index in [2.05, 4.69) is 5.16 Å². The Labute approximate surface area is 187 Å². The molecule has 33 heavy (non-hydrogen) atoms. The molecule has 4 rings (SSSR count). The molecule has 0 bridgehead atoms. The van der Waals surface area contributed by atoms with Crippen LogP contribution in [0, 0.1) is 5.82 Å². The zero-order chi connectivity index (χ0) is 23.9. The Hall–Kier alpha value is -3.28. The number of amides is 1. The molecule has 1 saturated heterocycles. The smallest absolute Gasteiger partial charge is 0.411 e. The van der Waals surface area contributed by atoms with Crippen LogP contribution in [0.1, 0.15) is 17.5 Å². The van der Waals surface area contributed by atoms with Gasteiger partial charge < -0.3 is 14.7 Å². The highest BCUT2D eigenvalue weighted by Crippen LogP contribution is 2.38. The summed E-state index contributed by atoms with van der Waals surface area (Å²) in [4.78, 5) is 27.1. The third-order valence-electron chi connectivity index (χ3n) is 5.39. The minimum absolute atomic E-state index is 0.00489. The van der Waals surface area contributed by atoms with Gasteiger partial charge in [0.05, 0.1) is 28.4 Å². The molecule has 0 aliphatic carbocycles. The van der Waals surface area contributed by atoms with Gasteiger partial charge in [0.15, 0.2) is 0 Å². The van der Waals surface area contributed by atoms with Crippen LogP contribution in [-0.4, -0.2) is 46.1 Å². The molecule has 1 aromatic carbocycles. The van der Waals surface area contributed by atoms with Crippen molar-refractivity contribution >= 4 is 33.5 Å². The van der Waals surface area contributed by atoms with Crippen LogP contribution in [0.25, 0.3) is 21.2 Å². The number of fused-ring (bicyclic) bond motifs is 1. The minimum atomic E-state index is -4.93. The van der Waals surface area contributed by atoms with Gasteiger partial charge >= 0.3 is 6.18 Å². The quantitative estimate of drug-likeness (QED) is 0.260. The van der Waals surface area contributed by atoms with Gasteiger partial charge in [-0.25, -0.2) is 8.78 Å². The number of pyridine rings is 1. The highest BCUT2D eigenvalue weighted by atomic mass is 32.1. The van der Waals surface area contributed by atoms with E-state index in [1.807, 2.05) is 0 Å². The number of aromatic nitrogens is 1. The first-order valence-electron chi connectivity index (χ1n) is 9.71. The van der Waals surface area contributed by atoms with Crippen LogP contribution in [0.15, 0.2) is 39.7 Å². The van der Waals surface area contributed by atoms with Gasteiger partial charge in [0.2, 0.25) is 5.91 Å². The topological polar surface area (TPSA) is 74.9 Å². The number of likely N-dealkylation sites (tertiary alicyclic amines) is 1. The zero-order valence-electron chi connectivity index (χ0n) is 16.8. The first-order valence-corrected chi connectivity index (χ1v) is 10.6. The second-order valence-corrected chi connectivity index (χ2v) is 8.41. The molecule has 174 valence electrons. The molecule has 6 nitrogen and oxygen atoms in total. The summed E-state index contributed by atoms with van der Waals surface area (Å²) >= 11 is 1.02. The molecular formula is C21H16F5N3O3S. The van der Waals surface area contributed by atoms with Crippen LogP contribution in [0.3, 0.4) is 0 Å². The van der Waals surface area contributed by atoms with E-state index in [-0.39, 0.29) is 41.6 Å². The normalized spacial score (nSPS) is 16.9. The summed E-state index contributed by atoms with van der Waals surface area (Å²) in [6, 6.07) is 2.41. The van der Waals surface area contributed by atoms with Crippen molar-refractivity contribution in [2.45, 2.75) is 25.3 Å². The number of oxime groups is 1. The van der Waals surface area contributed by atoms with Gasteiger partial charge in [0.1, 0.15) is 18.5 Å². The fraction of sp³-hybridized carbons (Fsp3) is 0.286. The number of hydrogen-bond acceptors (Lipinski definition) is 5. The molecule has 0 radical (unpaired) electrons. The first kappa shape index (κ1) is 22.9. The fourth-order valence-corrected chi connectivity index (χ4v) is 4.84. The standard InChI is InChI=1S/C21H16F5N3O3S/c22-13-3-4-28(8-13)17(30)9-29-7-12(6-27-32)19-18(20(29)31)14(10-33-19)11-1-2-16(23)15(5-11)21(24,25)26/h1-2,5-7,10,13,32H,3-4,8-9H2/b27-6+. The monoisotopic (exact) mass is 485 g/mol. The molecule has 2 aromatic heterocycles. The third kappa shape index (κ3) is 4.34. The lowest BCUT2D eigenvalue weighted by Crippen LogP contribution is -2.35. The number of halogens is 5. The summed E-state index contributed by atoms with van der Waals surface area (Å²) < 4.78 is 68.1. The van der Waals surface area contributed by atoms with E-state index in [4.69, 9.17) is 5.21 Å². The second kappa shape index (κ2) is 8.58. The summed E-state index contributed by atoms with van der Waals surface area (Å²) in [7, 11) is 0. The van der Waals surface area contributed by atoms with Gasteiger partial charge in [-0.1, -0.05) is 11.2 Å². The number of carbonyl (C=O) groups excluding carboxylic acids is 1. The number of rotatable bonds is 4. The van der Waals surface area contributed by atoms with Crippen molar-refractivity contribution in [3.05, 3.63) is 57.1 Å². The predicted molar refractivity (Wildman–Crippen MR) is 112 cm³/mol. The van der Waals surface area contributed by atoms with Gasteiger partial charge in [0.25, 0.3) is 5.56 Å². The Morgan fingerprint density at radius 3 is 2.73 bits per heavy atom. The van der Waals surface area contributed by atoms with Crippen molar-refractivity contribution in [2.75, 3.05) is 13.1 Å². The summed E-state index contributed by atoms with van der Waals surface area (Å²) in [6.45, 7) is -0.304. The maximum Gasteiger partial charge on any atom is 0.419 e. The molecule has 1 amide bonds. The van der Waals surface area contributed by atoms with Crippen LogP contribution < -0.4 is 5.56 Å². The predicted octanol–water partition coefficient (Wildman–Crippen LogP) is 4.27. The largest absolute Gasteiger partial charge is 0.419 e. The molecule has 0 spiro atoms. The van der Waals surface area contributed by atoms with Crippen molar-refractivity contribution in [3.63, 3.8) is 0 Å². The van der Waals surface area contributed by atoms with E-state index in [0.717, 1.165) is 28.2 Å². The van der Waals surface area contributed by atoms with Crippen LogP contribution in [0.4, 0.5) is 22.0 Å². The highest BCUT2D eigenvalue weighted by Gasteiger charge is 2.34. The molecule has 1 aliphatic heterocycles. The molecule has 1 atom stereocenters. The van der Waals surface area contributed by atoms with E-state index in [1.165, 1.54) is 16.5 Å². The van der Waals surface area contributed by atoms with Crippen molar-refractivity contribution < 1.29 is 32.0 Å². The first-order chi connectivity index (χ1) is 15.6. The Morgan fingerprint density at radius 1 is 1.33 bits per heavy atom. The molecule has 0 saturated carbocycles. The summed E-state index contributed by atoms with van der Waals surface area (Å²) in [5.74, 6) is -1.94. The molecule has 12 heteroatoms. The Bertz CT molecular complexity index is 1310. The minimum Gasteiger partial charge on any atom is -0.411 e. The van der Waals surface area contributed by atoms with Crippen LogP contribution >= 0.6 is 11.3 Å². The lowest BCUT2D eigenvalue weighted by molar-refractivity contribution is -0.140. The van der Waals surface area contributed by atoms with Gasteiger partial charge in [-0.2, -0.15) is 13.2 Å². The molecular weight excluding hydrogens is 469 g/mol. The SMILES string of the molecule is O=C(Cn1cc(/C=N/O)c2scc(-c3ccc(F)c(C(F)(F)F)c3)c2c1=O)N1CCC(F)C1. The van der Waals surface area contributed by atoms with Crippen molar-refractivity contribution in [3.8, 4) is 11.1 Å². The molecule has 3 heterocycles. The molecule has 1 unspecified atom stereocenters. The number of nitrogens with zero attached hydrogens (tertiary/aromatic N) is 3. The lowest BCUT2D eigenvalue weighted by Gasteiger charge is -2.16. The maximum absolute atomic E-state index is 13.8. The van der Waals surface area contributed by atoms with Crippen molar-refractivity contribution in [1.29, 1.82) is 0 Å². The second-order valence-electron chi connectivity index (χ2n) is 7.53. The van der Waals surface area contributed by atoms with Crippen LogP contribution in [-0.2, 0) is 17.5 Å². The number of alkyl halides is 4. The number of carbonyl (C=O) groups is 1. The summed E-state index contributed by atoms with van der Waals surface area (Å²) in [5, 5.41) is 13.4. The van der Waals surface area contributed by atoms with Crippen LogP contribution in [0.2, 0.25) is 0 Å². The van der Waals surface area contributed by atoms with E-state index in [9.17, 15) is 31.5 Å². The fourth-order valence-electron chi connectivity index (χ4n) is 3.80. The molecule has 1 aliphatic rings. The molecule has 1 N–H and O–H groups in total. The number of benzene rings is 1. The Kier molecular flexibility index (Phi) is 5.95. The zero-order valence-corrected chi connectivity index (χ0v) is 17.6. The molecule has 1 fully saturated rings. The van der Waals surface area contributed by atoms with Crippen LogP contribution in [0.5, 0.6) is 0 Å². The summed E-state index contributed by atoms with van der Waals surface area (Å²) in [6.07, 6.45) is -3.56. The average molecular weight is 485 g/mol.